The Morgan fingerprint density at radius 3 is 2.62 bits per heavy atom. The molecule has 3 heterocycles. The first-order valence-corrected chi connectivity index (χ1v) is 12.5. The largest absolute Gasteiger partial charge is 0.406 e. The number of halogens is 3. The summed E-state index contributed by atoms with van der Waals surface area (Å²) in [5, 5.41) is 17.1. The van der Waals surface area contributed by atoms with E-state index in [1.165, 1.54) is 4.57 Å². The van der Waals surface area contributed by atoms with Crippen LogP contribution in [0.4, 0.5) is 18.9 Å². The summed E-state index contributed by atoms with van der Waals surface area (Å²) in [7, 11) is 1.56. The number of anilines is 1. The van der Waals surface area contributed by atoms with Gasteiger partial charge in [-0.1, -0.05) is 18.2 Å². The topological polar surface area (TPSA) is 78.8 Å². The first-order valence-electron chi connectivity index (χ1n) is 12.5. The summed E-state index contributed by atoms with van der Waals surface area (Å²) in [6.07, 6.45) is -3.23. The molecule has 37 heavy (non-hydrogen) atoms. The lowest BCUT2D eigenvalue weighted by atomic mass is 10.0. The number of likely N-dealkylation sites (tertiary alicyclic amines) is 1. The first kappa shape index (κ1) is 25.6. The summed E-state index contributed by atoms with van der Waals surface area (Å²) in [6, 6.07) is 12.5. The van der Waals surface area contributed by atoms with E-state index in [0.717, 1.165) is 42.6 Å². The van der Waals surface area contributed by atoms with Crippen LogP contribution >= 0.6 is 0 Å². The van der Waals surface area contributed by atoms with E-state index >= 15 is 0 Å². The molecule has 3 aromatic rings. The Balaban J connectivity index is 1.45. The number of hydrogen-bond donors (Lipinski definition) is 3. The average molecular weight is 517 g/mol. The number of methoxy groups -OCH3 is 1. The highest BCUT2D eigenvalue weighted by atomic mass is 19.4. The van der Waals surface area contributed by atoms with Crippen molar-refractivity contribution in [3.63, 3.8) is 0 Å². The zero-order valence-corrected chi connectivity index (χ0v) is 20.6. The summed E-state index contributed by atoms with van der Waals surface area (Å²) in [6.45, 7) is 1.64. The molecule has 0 spiro atoms. The lowest BCUT2D eigenvalue weighted by Gasteiger charge is -2.34. The number of alkyl halides is 3. The molecule has 0 aliphatic carbocycles. The summed E-state index contributed by atoms with van der Waals surface area (Å²) >= 11 is 0. The minimum absolute atomic E-state index is 0.165. The number of hydrogen-bond acceptors (Lipinski definition) is 5. The van der Waals surface area contributed by atoms with Crippen LogP contribution in [0.5, 0.6) is 0 Å². The summed E-state index contributed by atoms with van der Waals surface area (Å²) in [5.41, 5.74) is 3.58. The van der Waals surface area contributed by atoms with Gasteiger partial charge >= 0.3 is 6.18 Å². The van der Waals surface area contributed by atoms with Gasteiger partial charge in [0.05, 0.1) is 18.2 Å². The van der Waals surface area contributed by atoms with Gasteiger partial charge in [-0.2, -0.15) is 13.2 Å². The molecule has 1 saturated heterocycles. The monoisotopic (exact) mass is 516 g/mol. The van der Waals surface area contributed by atoms with Gasteiger partial charge in [-0.3, -0.25) is 4.79 Å². The molecule has 7 nitrogen and oxygen atoms in total. The second-order valence-corrected chi connectivity index (χ2v) is 9.81. The third-order valence-electron chi connectivity index (χ3n) is 7.18. The van der Waals surface area contributed by atoms with Crippen molar-refractivity contribution in [1.82, 2.24) is 14.8 Å². The van der Waals surface area contributed by atoms with E-state index in [1.807, 2.05) is 6.07 Å². The van der Waals surface area contributed by atoms with Gasteiger partial charge in [-0.15, -0.1) is 0 Å². The molecule has 198 valence electrons. The number of carbonyl (C=O) groups excluding carboxylic acids is 1. The number of carbonyl (C=O) groups is 1. The van der Waals surface area contributed by atoms with E-state index in [-0.39, 0.29) is 11.9 Å². The van der Waals surface area contributed by atoms with Crippen LogP contribution in [0.25, 0.3) is 22.2 Å². The highest BCUT2D eigenvalue weighted by Gasteiger charge is 2.32. The summed E-state index contributed by atoms with van der Waals surface area (Å²) < 4.78 is 47.4. The number of aromatic nitrogens is 1. The Morgan fingerprint density at radius 1 is 1.16 bits per heavy atom. The molecule has 10 heteroatoms. The third-order valence-corrected chi connectivity index (χ3v) is 7.18. The number of nitrogens with zero attached hydrogens (tertiary/aromatic N) is 2. The van der Waals surface area contributed by atoms with Gasteiger partial charge in [0.2, 0.25) is 0 Å². The number of nitrogens with one attached hydrogen (secondary N) is 2. The molecule has 2 aromatic carbocycles. The van der Waals surface area contributed by atoms with Gasteiger partial charge in [0.25, 0.3) is 5.91 Å². The standard InChI is InChI=1S/C27H31F3N4O3/c1-37-15-18(35)14-33-10-8-17(9-11-33)32-23-6-3-7-24-21(23)12-25(34(24)16-27(28,29)30)19-4-2-5-20-22(19)13-31-26(20)36/h2-7,12,17-18,32,35H,8-11,13-16H2,1H3,(H,31,36). The number of aliphatic hydroxyl groups excluding tert-OH is 1. The van der Waals surface area contributed by atoms with Gasteiger partial charge in [0.15, 0.2) is 0 Å². The number of ether oxygens (including phenoxy) is 1. The van der Waals surface area contributed by atoms with Crippen LogP contribution in [0.2, 0.25) is 0 Å². The molecule has 2 aliphatic rings. The van der Waals surface area contributed by atoms with Crippen LogP contribution in [0.1, 0.15) is 28.8 Å². The maximum Gasteiger partial charge on any atom is 0.406 e. The van der Waals surface area contributed by atoms with E-state index in [1.54, 1.807) is 43.5 Å². The minimum Gasteiger partial charge on any atom is -0.389 e. The van der Waals surface area contributed by atoms with Crippen LogP contribution in [0.3, 0.4) is 0 Å². The molecular weight excluding hydrogens is 485 g/mol. The highest BCUT2D eigenvalue weighted by molar-refractivity contribution is 6.02. The Morgan fingerprint density at radius 2 is 1.89 bits per heavy atom. The van der Waals surface area contributed by atoms with Gasteiger partial charge in [0, 0.05) is 67.2 Å². The van der Waals surface area contributed by atoms with Crippen molar-refractivity contribution in [3.05, 3.63) is 53.6 Å². The van der Waals surface area contributed by atoms with Gasteiger partial charge < -0.3 is 29.9 Å². The number of fused-ring (bicyclic) bond motifs is 2. The maximum absolute atomic E-state index is 13.7. The van der Waals surface area contributed by atoms with Crippen molar-refractivity contribution in [2.45, 2.75) is 44.3 Å². The predicted molar refractivity (Wildman–Crippen MR) is 136 cm³/mol. The molecule has 1 fully saturated rings. The van der Waals surface area contributed by atoms with Crippen LogP contribution in [-0.2, 0) is 17.8 Å². The Bertz CT molecular complexity index is 1280. The maximum atomic E-state index is 13.7. The lowest BCUT2D eigenvalue weighted by Crippen LogP contribution is -2.43. The molecule has 2 aliphatic heterocycles. The van der Waals surface area contributed by atoms with E-state index in [2.05, 4.69) is 15.5 Å². The Kier molecular flexibility index (Phi) is 7.15. The average Bonchev–Trinajstić information content (AvgIpc) is 3.41. The zero-order valence-electron chi connectivity index (χ0n) is 20.6. The van der Waals surface area contributed by atoms with Crippen LogP contribution in [0.15, 0.2) is 42.5 Å². The van der Waals surface area contributed by atoms with Crippen molar-refractivity contribution in [2.24, 2.45) is 0 Å². The second-order valence-electron chi connectivity index (χ2n) is 9.81. The molecule has 3 N–H and O–H groups in total. The predicted octanol–water partition coefficient (Wildman–Crippen LogP) is 4.00. The quantitative estimate of drug-likeness (QED) is 0.422. The van der Waals surface area contributed by atoms with Crippen molar-refractivity contribution in [2.75, 3.05) is 38.7 Å². The van der Waals surface area contributed by atoms with E-state index < -0.39 is 18.8 Å². The number of aliphatic hydroxyl groups is 1. The zero-order chi connectivity index (χ0) is 26.2. The van der Waals surface area contributed by atoms with Gasteiger partial charge in [-0.25, -0.2) is 0 Å². The van der Waals surface area contributed by atoms with Crippen molar-refractivity contribution in [3.8, 4) is 11.3 Å². The van der Waals surface area contributed by atoms with Crippen molar-refractivity contribution < 1.29 is 27.8 Å². The second kappa shape index (κ2) is 10.4. The number of rotatable bonds is 8. The molecule has 0 radical (unpaired) electrons. The fraction of sp³-hybridized carbons (Fsp3) is 0.444. The number of piperidine rings is 1. The molecular formula is C27H31F3N4O3. The molecule has 1 unspecified atom stereocenters. The van der Waals surface area contributed by atoms with Crippen LogP contribution < -0.4 is 10.6 Å². The van der Waals surface area contributed by atoms with Gasteiger partial charge in [-0.05, 0) is 42.7 Å². The molecule has 0 saturated carbocycles. The highest BCUT2D eigenvalue weighted by Crippen LogP contribution is 2.38. The lowest BCUT2D eigenvalue weighted by molar-refractivity contribution is -0.139. The molecule has 0 bridgehead atoms. The minimum atomic E-state index is -4.41. The van der Waals surface area contributed by atoms with E-state index in [4.69, 9.17) is 4.74 Å². The van der Waals surface area contributed by atoms with Gasteiger partial charge in [0.1, 0.15) is 6.54 Å². The van der Waals surface area contributed by atoms with Crippen molar-refractivity contribution >= 4 is 22.5 Å². The summed E-state index contributed by atoms with van der Waals surface area (Å²) in [4.78, 5) is 14.4. The molecule has 5 rings (SSSR count). The van der Waals surface area contributed by atoms with Crippen LogP contribution in [0, 0.1) is 0 Å². The van der Waals surface area contributed by atoms with Crippen LogP contribution in [-0.4, -0.2) is 72.2 Å². The number of β-amino-alcohol motifs (C(OH)–C–C–N with tert-alkyl or cyclic N) is 1. The van der Waals surface area contributed by atoms with Crippen molar-refractivity contribution in [1.29, 1.82) is 0 Å². The normalized spacial score (nSPS) is 17.7. The smallest absolute Gasteiger partial charge is 0.389 e. The summed E-state index contributed by atoms with van der Waals surface area (Å²) in [5.74, 6) is -0.209. The van der Waals surface area contributed by atoms with E-state index in [9.17, 15) is 23.1 Å². The fourth-order valence-corrected chi connectivity index (χ4v) is 5.50. The number of amides is 1. The Labute approximate surface area is 213 Å². The molecule has 1 amide bonds. The van der Waals surface area contributed by atoms with E-state index in [0.29, 0.717) is 42.0 Å². The SMILES string of the molecule is COCC(O)CN1CCC(Nc2cccc3c2cc(-c2cccc4c2CNC4=O)n3CC(F)(F)F)CC1. The number of benzene rings is 2. The molecule has 1 atom stereocenters. The fourth-order valence-electron chi connectivity index (χ4n) is 5.50. The Hall–Kier alpha value is -3.08. The molecule has 1 aromatic heterocycles. The third kappa shape index (κ3) is 5.46. The first-order chi connectivity index (χ1) is 17.7.